The Morgan fingerprint density at radius 2 is 1.92 bits per heavy atom. The topological polar surface area (TPSA) is 49.4 Å². The monoisotopic (exact) mass is 328 g/mol. The predicted octanol–water partition coefficient (Wildman–Crippen LogP) is 3.68. The second-order valence-corrected chi connectivity index (χ2v) is 7.51. The highest BCUT2D eigenvalue weighted by Gasteiger charge is 2.41. The number of carbonyl (C=O) groups excluding carboxylic acids is 2. The average Bonchev–Trinajstić information content (AvgIpc) is 2.86. The van der Waals surface area contributed by atoms with Gasteiger partial charge in [-0.2, -0.15) is 0 Å². The van der Waals surface area contributed by atoms with E-state index in [4.69, 9.17) is 0 Å². The molecule has 1 aliphatic heterocycles. The summed E-state index contributed by atoms with van der Waals surface area (Å²) in [5.41, 5.74) is 1.55. The molecule has 2 aliphatic rings. The summed E-state index contributed by atoms with van der Waals surface area (Å²) in [5.74, 6) is 0.488. The second kappa shape index (κ2) is 7.37. The number of nitrogens with one attached hydrogen (secondary N) is 1. The number of benzene rings is 1. The van der Waals surface area contributed by atoms with E-state index in [1.165, 1.54) is 19.3 Å². The van der Waals surface area contributed by atoms with Crippen LogP contribution in [0.15, 0.2) is 24.3 Å². The minimum absolute atomic E-state index is 0.00459. The van der Waals surface area contributed by atoms with Crippen LogP contribution in [-0.2, 0) is 4.79 Å². The Kier molecular flexibility index (Phi) is 5.22. The average molecular weight is 328 g/mol. The van der Waals surface area contributed by atoms with Gasteiger partial charge in [-0.15, -0.1) is 0 Å². The van der Waals surface area contributed by atoms with Gasteiger partial charge in [-0.1, -0.05) is 51.3 Å². The number of hydrogen-bond donors (Lipinski definition) is 1. The number of fused-ring (bicyclic) bond motifs is 1. The molecule has 0 bridgehead atoms. The number of carbonyl (C=O) groups is 2. The van der Waals surface area contributed by atoms with E-state index in [0.29, 0.717) is 18.0 Å². The van der Waals surface area contributed by atoms with Crippen LogP contribution < -0.4 is 5.32 Å². The van der Waals surface area contributed by atoms with Crippen LogP contribution in [0.1, 0.15) is 74.3 Å². The van der Waals surface area contributed by atoms with E-state index in [9.17, 15) is 9.59 Å². The summed E-state index contributed by atoms with van der Waals surface area (Å²) in [6, 6.07) is 7.36. The molecule has 24 heavy (non-hydrogen) atoms. The van der Waals surface area contributed by atoms with Gasteiger partial charge in [-0.3, -0.25) is 9.59 Å². The minimum Gasteiger partial charge on any atom is -0.351 e. The summed E-state index contributed by atoms with van der Waals surface area (Å²) in [4.78, 5) is 27.5. The van der Waals surface area contributed by atoms with Crippen molar-refractivity contribution >= 4 is 11.8 Å². The van der Waals surface area contributed by atoms with E-state index in [-0.39, 0.29) is 17.9 Å². The summed E-state index contributed by atoms with van der Waals surface area (Å²) in [7, 11) is 0. The van der Waals surface area contributed by atoms with Gasteiger partial charge in [0.25, 0.3) is 5.91 Å². The lowest BCUT2D eigenvalue weighted by atomic mass is 9.95. The van der Waals surface area contributed by atoms with Gasteiger partial charge in [0, 0.05) is 18.2 Å². The van der Waals surface area contributed by atoms with E-state index in [1.54, 1.807) is 4.90 Å². The van der Waals surface area contributed by atoms with Crippen LogP contribution in [0, 0.1) is 5.92 Å². The van der Waals surface area contributed by atoms with Crippen molar-refractivity contribution in [3.63, 3.8) is 0 Å². The zero-order valence-electron chi connectivity index (χ0n) is 14.8. The fourth-order valence-corrected chi connectivity index (χ4v) is 3.81. The molecule has 1 saturated carbocycles. The molecule has 1 aromatic carbocycles. The zero-order valence-corrected chi connectivity index (χ0v) is 14.8. The Labute approximate surface area is 144 Å². The molecule has 130 valence electrons. The molecule has 0 spiro atoms. The van der Waals surface area contributed by atoms with Crippen molar-refractivity contribution < 1.29 is 9.59 Å². The molecular formula is C20H28N2O2. The van der Waals surface area contributed by atoms with Gasteiger partial charge in [0.1, 0.15) is 6.04 Å². The maximum atomic E-state index is 13.0. The molecule has 1 N–H and O–H groups in total. The number of amides is 2. The smallest absolute Gasteiger partial charge is 0.255 e. The van der Waals surface area contributed by atoms with Crippen molar-refractivity contribution in [2.45, 2.75) is 64.5 Å². The number of hydrogen-bond acceptors (Lipinski definition) is 2. The highest BCUT2D eigenvalue weighted by atomic mass is 16.2. The van der Waals surface area contributed by atoms with E-state index < -0.39 is 6.04 Å². The summed E-state index contributed by atoms with van der Waals surface area (Å²) < 4.78 is 0. The third kappa shape index (κ3) is 3.47. The quantitative estimate of drug-likeness (QED) is 0.896. The third-order valence-electron chi connectivity index (χ3n) is 5.21. The lowest BCUT2D eigenvalue weighted by Crippen LogP contribution is -2.44. The summed E-state index contributed by atoms with van der Waals surface area (Å²) in [6.07, 6.45) is 6.65. The lowest BCUT2D eigenvalue weighted by Gasteiger charge is -2.29. The molecule has 1 heterocycles. The predicted molar refractivity (Wildman–Crippen MR) is 94.7 cm³/mol. The molecule has 0 aromatic heterocycles. The Hall–Kier alpha value is -1.84. The maximum Gasteiger partial charge on any atom is 0.255 e. The first-order valence-electron chi connectivity index (χ1n) is 9.28. The molecule has 2 amide bonds. The molecule has 0 radical (unpaired) electrons. The van der Waals surface area contributed by atoms with Crippen molar-refractivity contribution in [2.24, 2.45) is 5.92 Å². The highest BCUT2D eigenvalue weighted by molar-refractivity contribution is 6.04. The molecule has 4 heteroatoms. The summed E-state index contributed by atoms with van der Waals surface area (Å²) in [5, 5.41) is 3.21. The van der Waals surface area contributed by atoms with E-state index in [2.05, 4.69) is 19.2 Å². The van der Waals surface area contributed by atoms with Crippen LogP contribution in [0.5, 0.6) is 0 Å². The van der Waals surface area contributed by atoms with Crippen LogP contribution in [0.4, 0.5) is 0 Å². The number of rotatable bonds is 5. The summed E-state index contributed by atoms with van der Waals surface area (Å²) >= 11 is 0. The van der Waals surface area contributed by atoms with Gasteiger partial charge in [0.2, 0.25) is 5.91 Å². The standard InChI is InChI=1S/C20H28N2O2/c1-14(2)12-13-22-18(16-10-6-7-11-17(16)20(22)24)19(23)21-15-8-4-3-5-9-15/h6-7,10-11,14-15,18H,3-5,8-9,12-13H2,1-2H3,(H,21,23)/t18-/m0/s1. The maximum absolute atomic E-state index is 13.0. The van der Waals surface area contributed by atoms with Gasteiger partial charge in [0.05, 0.1) is 0 Å². The largest absolute Gasteiger partial charge is 0.351 e. The first-order chi connectivity index (χ1) is 11.6. The van der Waals surface area contributed by atoms with E-state index >= 15 is 0 Å². The fraction of sp³-hybridized carbons (Fsp3) is 0.600. The van der Waals surface area contributed by atoms with Gasteiger partial charge in [-0.25, -0.2) is 0 Å². The van der Waals surface area contributed by atoms with Crippen molar-refractivity contribution in [3.05, 3.63) is 35.4 Å². The molecule has 4 nitrogen and oxygen atoms in total. The fourth-order valence-electron chi connectivity index (χ4n) is 3.81. The van der Waals surface area contributed by atoms with Gasteiger partial charge >= 0.3 is 0 Å². The van der Waals surface area contributed by atoms with Gasteiger partial charge < -0.3 is 10.2 Å². The van der Waals surface area contributed by atoms with E-state index in [1.807, 2.05) is 24.3 Å². The van der Waals surface area contributed by atoms with Crippen LogP contribution in [-0.4, -0.2) is 29.3 Å². The first-order valence-corrected chi connectivity index (χ1v) is 9.28. The molecular weight excluding hydrogens is 300 g/mol. The Balaban J connectivity index is 1.80. The zero-order chi connectivity index (χ0) is 17.1. The van der Waals surface area contributed by atoms with Crippen LogP contribution in [0.2, 0.25) is 0 Å². The SMILES string of the molecule is CC(C)CCN1C(=O)c2ccccc2[C@H]1C(=O)NC1CCCCC1. The normalized spacial score (nSPS) is 21.2. The Bertz CT molecular complexity index is 605. The van der Waals surface area contributed by atoms with Gasteiger partial charge in [-0.05, 0) is 36.8 Å². The molecule has 3 rings (SSSR count). The molecule has 1 atom stereocenters. The molecule has 0 saturated heterocycles. The molecule has 0 unspecified atom stereocenters. The third-order valence-corrected chi connectivity index (χ3v) is 5.21. The van der Waals surface area contributed by atoms with Crippen LogP contribution in [0.25, 0.3) is 0 Å². The van der Waals surface area contributed by atoms with Crippen LogP contribution >= 0.6 is 0 Å². The molecule has 1 aromatic rings. The first kappa shape index (κ1) is 17.0. The van der Waals surface area contributed by atoms with E-state index in [0.717, 1.165) is 24.8 Å². The van der Waals surface area contributed by atoms with Crippen molar-refractivity contribution in [2.75, 3.05) is 6.54 Å². The van der Waals surface area contributed by atoms with Crippen LogP contribution in [0.3, 0.4) is 0 Å². The molecule has 1 fully saturated rings. The Morgan fingerprint density at radius 1 is 1.21 bits per heavy atom. The highest BCUT2D eigenvalue weighted by Crippen LogP contribution is 2.34. The molecule has 1 aliphatic carbocycles. The van der Waals surface area contributed by atoms with Gasteiger partial charge in [0.15, 0.2) is 0 Å². The van der Waals surface area contributed by atoms with Crippen molar-refractivity contribution in [1.82, 2.24) is 10.2 Å². The number of nitrogens with zero attached hydrogens (tertiary/aromatic N) is 1. The lowest BCUT2D eigenvalue weighted by molar-refractivity contribution is -0.126. The summed E-state index contributed by atoms with van der Waals surface area (Å²) in [6.45, 7) is 4.92. The minimum atomic E-state index is -0.464. The Morgan fingerprint density at radius 3 is 2.62 bits per heavy atom. The second-order valence-electron chi connectivity index (χ2n) is 7.51. The van der Waals surface area contributed by atoms with Crippen molar-refractivity contribution in [3.8, 4) is 0 Å². The van der Waals surface area contributed by atoms with Crippen molar-refractivity contribution in [1.29, 1.82) is 0 Å².